The molecule has 2 aromatic heterocycles. The second kappa shape index (κ2) is 6.23. The van der Waals surface area contributed by atoms with Crippen molar-refractivity contribution in [2.45, 2.75) is 13.5 Å². The number of nitrogens with one attached hydrogen (secondary N) is 1. The number of benzene rings is 1. The van der Waals surface area contributed by atoms with Crippen LogP contribution in [0.1, 0.15) is 21.6 Å². The summed E-state index contributed by atoms with van der Waals surface area (Å²) in [5.41, 5.74) is 3.23. The minimum absolute atomic E-state index is 0.113. The number of aryl methyl sites for hydroxylation is 1. The molecule has 0 aliphatic rings. The summed E-state index contributed by atoms with van der Waals surface area (Å²) in [6, 6.07) is 11.3. The van der Waals surface area contributed by atoms with Gasteiger partial charge in [-0.15, -0.1) is 0 Å². The van der Waals surface area contributed by atoms with Crippen LogP contribution in [0.5, 0.6) is 0 Å². The van der Waals surface area contributed by atoms with Crippen LogP contribution >= 0.6 is 15.9 Å². The number of rotatable bonds is 3. The molecular formula is C17H14BrN3O. The molecule has 4 nitrogen and oxygen atoms in total. The molecule has 1 N–H and O–H groups in total. The highest BCUT2D eigenvalue weighted by molar-refractivity contribution is 9.10. The smallest absolute Gasteiger partial charge is 0.252 e. The van der Waals surface area contributed by atoms with Gasteiger partial charge in [-0.3, -0.25) is 14.8 Å². The van der Waals surface area contributed by atoms with E-state index in [0.717, 1.165) is 26.6 Å². The van der Waals surface area contributed by atoms with Gasteiger partial charge in [0.05, 0.1) is 11.1 Å². The maximum atomic E-state index is 12.5. The van der Waals surface area contributed by atoms with Gasteiger partial charge in [-0.1, -0.05) is 22.0 Å². The van der Waals surface area contributed by atoms with Crippen molar-refractivity contribution in [3.05, 3.63) is 70.1 Å². The molecule has 0 aliphatic heterocycles. The summed E-state index contributed by atoms with van der Waals surface area (Å²) in [5, 5.41) is 3.77. The number of carbonyl (C=O) groups excluding carboxylic acids is 1. The number of amides is 1. The van der Waals surface area contributed by atoms with Crippen LogP contribution in [0.3, 0.4) is 0 Å². The average molecular weight is 356 g/mol. The number of aromatic nitrogens is 2. The normalized spacial score (nSPS) is 10.6. The lowest BCUT2D eigenvalue weighted by Crippen LogP contribution is -2.23. The predicted molar refractivity (Wildman–Crippen MR) is 89.6 cm³/mol. The summed E-state index contributed by atoms with van der Waals surface area (Å²) in [6.45, 7) is 2.34. The van der Waals surface area contributed by atoms with E-state index in [1.165, 1.54) is 0 Å². The van der Waals surface area contributed by atoms with E-state index in [-0.39, 0.29) is 5.91 Å². The lowest BCUT2D eigenvalue weighted by Gasteiger charge is -2.09. The van der Waals surface area contributed by atoms with E-state index < -0.39 is 0 Å². The zero-order valence-electron chi connectivity index (χ0n) is 12.0. The van der Waals surface area contributed by atoms with Crippen LogP contribution in [0.4, 0.5) is 0 Å². The third-order valence-corrected chi connectivity index (χ3v) is 3.81. The van der Waals surface area contributed by atoms with E-state index in [9.17, 15) is 4.79 Å². The minimum atomic E-state index is -0.113. The minimum Gasteiger partial charge on any atom is -0.348 e. The van der Waals surface area contributed by atoms with Crippen molar-refractivity contribution in [2.24, 2.45) is 0 Å². The summed E-state index contributed by atoms with van der Waals surface area (Å²) in [5.74, 6) is -0.113. The van der Waals surface area contributed by atoms with Gasteiger partial charge >= 0.3 is 0 Å². The Bertz CT molecular complexity index is 834. The number of carbonyl (C=O) groups is 1. The molecule has 0 aliphatic carbocycles. The SMILES string of the molecule is Cc1cc(C(=O)NCc2cccnc2)c2cc(Br)ccc2n1. The van der Waals surface area contributed by atoms with Crippen molar-refractivity contribution in [3.63, 3.8) is 0 Å². The van der Waals surface area contributed by atoms with Gasteiger partial charge in [0.1, 0.15) is 0 Å². The molecule has 0 atom stereocenters. The lowest BCUT2D eigenvalue weighted by molar-refractivity contribution is 0.0952. The van der Waals surface area contributed by atoms with Crippen LogP contribution in [-0.4, -0.2) is 15.9 Å². The van der Waals surface area contributed by atoms with Crippen molar-refractivity contribution >= 4 is 32.7 Å². The second-order valence-corrected chi connectivity index (χ2v) is 5.93. The standard InChI is InChI=1S/C17H14BrN3O/c1-11-7-15(14-8-13(18)4-5-16(14)21-11)17(22)20-10-12-3-2-6-19-9-12/h2-9H,10H2,1H3,(H,20,22). The van der Waals surface area contributed by atoms with Gasteiger partial charge in [0.15, 0.2) is 0 Å². The number of nitrogens with zero attached hydrogens (tertiary/aromatic N) is 2. The topological polar surface area (TPSA) is 54.9 Å². The Morgan fingerprint density at radius 2 is 2.14 bits per heavy atom. The van der Waals surface area contributed by atoms with Crippen LogP contribution in [0.25, 0.3) is 10.9 Å². The molecule has 110 valence electrons. The first kappa shape index (κ1) is 14.7. The molecule has 22 heavy (non-hydrogen) atoms. The quantitative estimate of drug-likeness (QED) is 0.780. The highest BCUT2D eigenvalue weighted by Gasteiger charge is 2.12. The van der Waals surface area contributed by atoms with E-state index in [1.807, 2.05) is 43.3 Å². The van der Waals surface area contributed by atoms with E-state index in [0.29, 0.717) is 12.1 Å². The third-order valence-electron chi connectivity index (χ3n) is 3.32. The predicted octanol–water partition coefficient (Wildman–Crippen LogP) is 3.63. The van der Waals surface area contributed by atoms with Crippen LogP contribution < -0.4 is 5.32 Å². The molecule has 5 heteroatoms. The maximum Gasteiger partial charge on any atom is 0.252 e. The molecular weight excluding hydrogens is 342 g/mol. The highest BCUT2D eigenvalue weighted by Crippen LogP contribution is 2.22. The van der Waals surface area contributed by atoms with E-state index in [1.54, 1.807) is 12.4 Å². The van der Waals surface area contributed by atoms with E-state index in [4.69, 9.17) is 0 Å². The molecule has 1 aromatic carbocycles. The fraction of sp³-hybridized carbons (Fsp3) is 0.118. The van der Waals surface area contributed by atoms with Gasteiger partial charge < -0.3 is 5.32 Å². The Balaban J connectivity index is 1.91. The number of hydrogen-bond donors (Lipinski definition) is 1. The first-order valence-electron chi connectivity index (χ1n) is 6.87. The molecule has 0 fully saturated rings. The van der Waals surface area contributed by atoms with Gasteiger partial charge in [0.25, 0.3) is 5.91 Å². The van der Waals surface area contributed by atoms with E-state index in [2.05, 4.69) is 31.2 Å². The summed E-state index contributed by atoms with van der Waals surface area (Å²) in [4.78, 5) is 21.0. The molecule has 0 saturated carbocycles. The largest absolute Gasteiger partial charge is 0.348 e. The van der Waals surface area contributed by atoms with Gasteiger partial charge in [0, 0.05) is 34.5 Å². The van der Waals surface area contributed by atoms with Crippen LogP contribution in [0, 0.1) is 6.92 Å². The van der Waals surface area contributed by atoms with Gasteiger partial charge in [0.2, 0.25) is 0 Å². The zero-order valence-corrected chi connectivity index (χ0v) is 13.6. The zero-order chi connectivity index (χ0) is 15.5. The molecule has 3 aromatic rings. The highest BCUT2D eigenvalue weighted by atomic mass is 79.9. The van der Waals surface area contributed by atoms with Crippen molar-refractivity contribution in [1.29, 1.82) is 0 Å². The Morgan fingerprint density at radius 1 is 1.27 bits per heavy atom. The lowest BCUT2D eigenvalue weighted by atomic mass is 10.1. The van der Waals surface area contributed by atoms with Gasteiger partial charge in [-0.25, -0.2) is 0 Å². The summed E-state index contributed by atoms with van der Waals surface area (Å²) in [7, 11) is 0. The number of fused-ring (bicyclic) bond motifs is 1. The van der Waals surface area contributed by atoms with Crippen molar-refractivity contribution in [2.75, 3.05) is 0 Å². The number of hydrogen-bond acceptors (Lipinski definition) is 3. The molecule has 0 bridgehead atoms. The van der Waals surface area contributed by atoms with Crippen LogP contribution in [-0.2, 0) is 6.54 Å². The molecule has 1 amide bonds. The molecule has 2 heterocycles. The summed E-state index contributed by atoms with van der Waals surface area (Å²) >= 11 is 3.44. The number of pyridine rings is 2. The first-order valence-corrected chi connectivity index (χ1v) is 7.67. The average Bonchev–Trinajstić information content (AvgIpc) is 2.53. The second-order valence-electron chi connectivity index (χ2n) is 5.02. The Labute approximate surface area is 136 Å². The fourth-order valence-corrected chi connectivity index (χ4v) is 2.66. The third kappa shape index (κ3) is 3.14. The molecule has 0 radical (unpaired) electrons. The monoisotopic (exact) mass is 355 g/mol. The summed E-state index contributed by atoms with van der Waals surface area (Å²) in [6.07, 6.45) is 3.45. The van der Waals surface area contributed by atoms with Crippen LogP contribution in [0.2, 0.25) is 0 Å². The maximum absolute atomic E-state index is 12.5. The van der Waals surface area contributed by atoms with Crippen LogP contribution in [0.15, 0.2) is 53.3 Å². The van der Waals surface area contributed by atoms with Crippen molar-refractivity contribution in [3.8, 4) is 0 Å². The summed E-state index contributed by atoms with van der Waals surface area (Å²) < 4.78 is 0.923. The molecule has 0 saturated heterocycles. The number of halogens is 1. The molecule has 3 rings (SSSR count). The van der Waals surface area contributed by atoms with E-state index >= 15 is 0 Å². The van der Waals surface area contributed by atoms with Gasteiger partial charge in [-0.2, -0.15) is 0 Å². The molecule has 0 spiro atoms. The van der Waals surface area contributed by atoms with Crippen molar-refractivity contribution < 1.29 is 4.79 Å². The first-order chi connectivity index (χ1) is 10.6. The Hall–Kier alpha value is -2.27. The van der Waals surface area contributed by atoms with Gasteiger partial charge in [-0.05, 0) is 42.8 Å². The Morgan fingerprint density at radius 3 is 2.91 bits per heavy atom. The van der Waals surface area contributed by atoms with Crippen molar-refractivity contribution in [1.82, 2.24) is 15.3 Å². The fourth-order valence-electron chi connectivity index (χ4n) is 2.30. The molecule has 0 unspecified atom stereocenters. The Kier molecular flexibility index (Phi) is 4.15.